The van der Waals surface area contributed by atoms with Crippen molar-refractivity contribution >= 4 is 9.84 Å². The molecule has 2 aromatic carbocycles. The van der Waals surface area contributed by atoms with Gasteiger partial charge in [-0.15, -0.1) is 0 Å². The lowest BCUT2D eigenvalue weighted by Crippen LogP contribution is -2.32. The van der Waals surface area contributed by atoms with Crippen LogP contribution in [0.2, 0.25) is 0 Å². The Bertz CT molecular complexity index is 738. The Morgan fingerprint density at radius 1 is 1.05 bits per heavy atom. The van der Waals surface area contributed by atoms with Crippen molar-refractivity contribution in [2.75, 3.05) is 12.0 Å². The van der Waals surface area contributed by atoms with Crippen LogP contribution in [0.5, 0.6) is 0 Å². The molecule has 0 aromatic heterocycles. The van der Waals surface area contributed by atoms with Gasteiger partial charge in [0.25, 0.3) is 0 Å². The maximum Gasteiger partial charge on any atom is 0.148 e. The molecule has 1 unspecified atom stereocenters. The van der Waals surface area contributed by atoms with E-state index in [1.165, 1.54) is 22.9 Å². The molecule has 2 aromatic rings. The van der Waals surface area contributed by atoms with Crippen LogP contribution in [0.15, 0.2) is 48.5 Å². The Hall–Kier alpha value is -1.65. The predicted molar refractivity (Wildman–Crippen MR) is 92.6 cm³/mol. The van der Waals surface area contributed by atoms with Crippen LogP contribution in [-0.2, 0) is 16.4 Å². The van der Waals surface area contributed by atoms with E-state index in [4.69, 9.17) is 0 Å². The number of nitrogens with one attached hydrogen (secondary N) is 1. The summed E-state index contributed by atoms with van der Waals surface area (Å²) in [5, 5.41) is 3.27. The fourth-order valence-electron chi connectivity index (χ4n) is 2.49. The van der Waals surface area contributed by atoms with Gasteiger partial charge in [-0.25, -0.2) is 8.42 Å². The van der Waals surface area contributed by atoms with Gasteiger partial charge in [0.05, 0.1) is 5.75 Å². The van der Waals surface area contributed by atoms with Crippen LogP contribution in [0, 0.1) is 6.92 Å². The SMILES string of the molecule is Cc1cccc(-c2cccc(CNC(C)CS(C)(=O)=O)c2)c1. The fraction of sp³-hybridized carbons (Fsp3) is 0.333. The fourth-order valence-corrected chi connectivity index (χ4v) is 3.52. The first-order valence-electron chi connectivity index (χ1n) is 7.40. The van der Waals surface area contributed by atoms with Gasteiger partial charge in [-0.3, -0.25) is 0 Å². The van der Waals surface area contributed by atoms with Gasteiger partial charge in [-0.2, -0.15) is 0 Å². The summed E-state index contributed by atoms with van der Waals surface area (Å²) >= 11 is 0. The zero-order valence-corrected chi connectivity index (χ0v) is 14.2. The van der Waals surface area contributed by atoms with Crippen molar-refractivity contribution in [1.82, 2.24) is 5.32 Å². The summed E-state index contributed by atoms with van der Waals surface area (Å²) in [5.74, 6) is 0.157. The van der Waals surface area contributed by atoms with Crippen molar-refractivity contribution in [3.05, 3.63) is 59.7 Å². The average Bonchev–Trinajstić information content (AvgIpc) is 2.44. The second-order valence-corrected chi connectivity index (χ2v) is 8.13. The third-order valence-corrected chi connectivity index (χ3v) is 4.59. The van der Waals surface area contributed by atoms with Crippen molar-refractivity contribution in [2.24, 2.45) is 0 Å². The third-order valence-electron chi connectivity index (χ3n) is 3.49. The third kappa shape index (κ3) is 5.28. The normalized spacial score (nSPS) is 13.0. The van der Waals surface area contributed by atoms with E-state index >= 15 is 0 Å². The molecule has 0 bridgehead atoms. The molecule has 0 aliphatic carbocycles. The Morgan fingerprint density at radius 3 is 2.32 bits per heavy atom. The first-order valence-corrected chi connectivity index (χ1v) is 9.46. The molecular weight excluding hydrogens is 294 g/mol. The van der Waals surface area contributed by atoms with Gasteiger partial charge in [-0.05, 0) is 36.6 Å². The molecule has 0 saturated heterocycles. The lowest BCUT2D eigenvalue weighted by atomic mass is 10.0. The zero-order chi connectivity index (χ0) is 16.2. The molecule has 1 atom stereocenters. The quantitative estimate of drug-likeness (QED) is 0.890. The van der Waals surface area contributed by atoms with Crippen molar-refractivity contribution in [3.63, 3.8) is 0 Å². The molecule has 0 spiro atoms. The molecule has 0 aliphatic rings. The van der Waals surface area contributed by atoms with Gasteiger partial charge in [0, 0.05) is 18.8 Å². The van der Waals surface area contributed by atoms with Crippen LogP contribution in [0.4, 0.5) is 0 Å². The van der Waals surface area contributed by atoms with E-state index in [1.54, 1.807) is 0 Å². The molecule has 0 aliphatic heterocycles. The largest absolute Gasteiger partial charge is 0.309 e. The highest BCUT2D eigenvalue weighted by molar-refractivity contribution is 7.90. The highest BCUT2D eigenvalue weighted by Gasteiger charge is 2.09. The van der Waals surface area contributed by atoms with Gasteiger partial charge < -0.3 is 5.32 Å². The minimum Gasteiger partial charge on any atom is -0.309 e. The van der Waals surface area contributed by atoms with E-state index in [1.807, 2.05) is 13.0 Å². The Morgan fingerprint density at radius 2 is 1.68 bits per heavy atom. The van der Waals surface area contributed by atoms with Gasteiger partial charge in [-0.1, -0.05) is 48.0 Å². The van der Waals surface area contributed by atoms with Crippen LogP contribution in [0.3, 0.4) is 0 Å². The molecule has 22 heavy (non-hydrogen) atoms. The van der Waals surface area contributed by atoms with Gasteiger partial charge in [0.15, 0.2) is 0 Å². The van der Waals surface area contributed by atoms with Crippen molar-refractivity contribution < 1.29 is 8.42 Å². The molecule has 118 valence electrons. The second-order valence-electron chi connectivity index (χ2n) is 5.94. The molecular formula is C18H23NO2S. The summed E-state index contributed by atoms with van der Waals surface area (Å²) in [6, 6.07) is 16.7. The molecule has 0 radical (unpaired) electrons. The molecule has 4 heteroatoms. The molecule has 2 rings (SSSR count). The number of hydrogen-bond acceptors (Lipinski definition) is 3. The summed E-state index contributed by atoms with van der Waals surface area (Å²) < 4.78 is 22.6. The monoisotopic (exact) mass is 317 g/mol. The molecule has 3 nitrogen and oxygen atoms in total. The summed E-state index contributed by atoms with van der Waals surface area (Å²) in [6.07, 6.45) is 1.27. The topological polar surface area (TPSA) is 46.2 Å². The van der Waals surface area contributed by atoms with Crippen LogP contribution >= 0.6 is 0 Å². The summed E-state index contributed by atoms with van der Waals surface area (Å²) in [6.45, 7) is 4.64. The highest BCUT2D eigenvalue weighted by atomic mass is 32.2. The van der Waals surface area contributed by atoms with E-state index in [0.29, 0.717) is 6.54 Å². The molecule has 1 N–H and O–H groups in total. The Labute approximate surface area is 133 Å². The van der Waals surface area contributed by atoms with Crippen molar-refractivity contribution in [3.8, 4) is 11.1 Å². The summed E-state index contributed by atoms with van der Waals surface area (Å²) in [4.78, 5) is 0. The smallest absolute Gasteiger partial charge is 0.148 e. The minimum atomic E-state index is -2.95. The number of hydrogen-bond donors (Lipinski definition) is 1. The van der Waals surface area contributed by atoms with Crippen LogP contribution < -0.4 is 5.32 Å². The molecule has 0 fully saturated rings. The molecule has 0 heterocycles. The minimum absolute atomic E-state index is 0.0578. The Balaban J connectivity index is 2.06. The first kappa shape index (κ1) is 16.7. The summed E-state index contributed by atoms with van der Waals surface area (Å²) in [5.41, 5.74) is 4.77. The van der Waals surface area contributed by atoms with Gasteiger partial charge in [0.2, 0.25) is 0 Å². The number of rotatable bonds is 6. The average molecular weight is 317 g/mol. The van der Waals surface area contributed by atoms with E-state index in [9.17, 15) is 8.42 Å². The van der Waals surface area contributed by atoms with Crippen molar-refractivity contribution in [2.45, 2.75) is 26.4 Å². The lowest BCUT2D eigenvalue weighted by Gasteiger charge is -2.13. The Kier molecular flexibility index (Phi) is 5.37. The molecule has 0 saturated carbocycles. The standard InChI is InChI=1S/C18H23NO2S/c1-14-6-4-8-17(10-14)18-9-5-7-16(11-18)12-19-15(2)13-22(3,20)21/h4-11,15,19H,12-13H2,1-3H3. The summed E-state index contributed by atoms with van der Waals surface area (Å²) in [7, 11) is -2.95. The van der Waals surface area contributed by atoms with Gasteiger partial charge in [0.1, 0.15) is 9.84 Å². The predicted octanol–water partition coefficient (Wildman–Crippen LogP) is 3.18. The maximum atomic E-state index is 11.3. The maximum absolute atomic E-state index is 11.3. The van der Waals surface area contributed by atoms with E-state index < -0.39 is 9.84 Å². The number of benzene rings is 2. The van der Waals surface area contributed by atoms with E-state index in [0.717, 1.165) is 5.56 Å². The molecule has 0 amide bonds. The van der Waals surface area contributed by atoms with Gasteiger partial charge >= 0.3 is 0 Å². The van der Waals surface area contributed by atoms with Crippen LogP contribution in [-0.4, -0.2) is 26.5 Å². The van der Waals surface area contributed by atoms with E-state index in [-0.39, 0.29) is 11.8 Å². The van der Waals surface area contributed by atoms with Crippen LogP contribution in [0.1, 0.15) is 18.1 Å². The van der Waals surface area contributed by atoms with Crippen LogP contribution in [0.25, 0.3) is 11.1 Å². The highest BCUT2D eigenvalue weighted by Crippen LogP contribution is 2.21. The second kappa shape index (κ2) is 7.07. The number of aryl methyl sites for hydroxylation is 1. The lowest BCUT2D eigenvalue weighted by molar-refractivity contribution is 0.560. The zero-order valence-electron chi connectivity index (χ0n) is 13.3. The first-order chi connectivity index (χ1) is 10.3. The van der Waals surface area contributed by atoms with Crippen molar-refractivity contribution in [1.29, 1.82) is 0 Å². The van der Waals surface area contributed by atoms with E-state index in [2.05, 4.69) is 54.7 Å². The number of sulfone groups is 1.